The van der Waals surface area contributed by atoms with Gasteiger partial charge in [-0.2, -0.15) is 13.2 Å². The molecule has 1 aromatic heterocycles. The summed E-state index contributed by atoms with van der Waals surface area (Å²) in [6.07, 6.45) is 1.55. The lowest BCUT2D eigenvalue weighted by Gasteiger charge is -2.27. The normalized spacial score (nSPS) is 15.1. The average Bonchev–Trinajstić information content (AvgIpc) is 2.98. The number of imide groups is 1. The summed E-state index contributed by atoms with van der Waals surface area (Å²) in [5.41, 5.74) is -4.07. The molecule has 38 heavy (non-hydrogen) atoms. The molecule has 0 atom stereocenters. The van der Waals surface area contributed by atoms with E-state index >= 15 is 0 Å². The van der Waals surface area contributed by atoms with Crippen molar-refractivity contribution in [2.45, 2.75) is 36.3 Å². The maximum atomic E-state index is 13.3. The van der Waals surface area contributed by atoms with E-state index in [2.05, 4.69) is 15.6 Å². The summed E-state index contributed by atoms with van der Waals surface area (Å²) in [6, 6.07) is 15.0. The molecule has 2 aromatic carbocycles. The number of pyridine rings is 1. The summed E-state index contributed by atoms with van der Waals surface area (Å²) < 4.78 is 38.0. The lowest BCUT2D eigenvalue weighted by Crippen LogP contribution is -2.43. The first-order valence-corrected chi connectivity index (χ1v) is 12.7. The SMILES string of the molecule is CC1(C)C(=O)N(c2ccc(SC(F)(F)F)cc2)C(=O)N1Cc1ccnc(NC(=S)Nc2cccc(Cl)c2)c1. The Morgan fingerprint density at radius 1 is 1.08 bits per heavy atom. The number of carbonyl (C=O) groups is 2. The quantitative estimate of drug-likeness (QED) is 0.187. The topological polar surface area (TPSA) is 77.6 Å². The van der Waals surface area contributed by atoms with Crippen LogP contribution >= 0.6 is 35.6 Å². The van der Waals surface area contributed by atoms with Crippen LogP contribution < -0.4 is 15.5 Å². The molecule has 0 spiro atoms. The number of halogens is 4. The minimum Gasteiger partial charge on any atom is -0.332 e. The Morgan fingerprint density at radius 2 is 1.79 bits per heavy atom. The van der Waals surface area contributed by atoms with Crippen molar-refractivity contribution in [3.63, 3.8) is 0 Å². The Balaban J connectivity index is 1.48. The largest absolute Gasteiger partial charge is 0.446 e. The molecule has 0 unspecified atom stereocenters. The van der Waals surface area contributed by atoms with E-state index in [-0.39, 0.29) is 34.0 Å². The molecule has 2 heterocycles. The molecule has 7 nitrogen and oxygen atoms in total. The van der Waals surface area contributed by atoms with Crippen LogP contribution in [0.15, 0.2) is 71.8 Å². The van der Waals surface area contributed by atoms with Gasteiger partial charge < -0.3 is 15.5 Å². The molecule has 3 amide bonds. The predicted octanol–water partition coefficient (Wildman–Crippen LogP) is 6.90. The van der Waals surface area contributed by atoms with Gasteiger partial charge in [-0.15, -0.1) is 0 Å². The van der Waals surface area contributed by atoms with E-state index in [1.165, 1.54) is 29.2 Å². The van der Waals surface area contributed by atoms with Crippen molar-refractivity contribution in [2.75, 3.05) is 15.5 Å². The van der Waals surface area contributed by atoms with Crippen molar-refractivity contribution in [1.82, 2.24) is 9.88 Å². The zero-order valence-electron chi connectivity index (χ0n) is 20.0. The van der Waals surface area contributed by atoms with Crippen LogP contribution in [0.1, 0.15) is 19.4 Å². The monoisotopic (exact) mass is 579 g/mol. The van der Waals surface area contributed by atoms with E-state index < -0.39 is 23.0 Å². The Kier molecular flexibility index (Phi) is 7.86. The van der Waals surface area contributed by atoms with Crippen LogP contribution in [0.4, 0.5) is 35.2 Å². The highest BCUT2D eigenvalue weighted by Crippen LogP contribution is 2.39. The van der Waals surface area contributed by atoms with Crippen LogP contribution in [0.5, 0.6) is 0 Å². The number of nitrogens with zero attached hydrogens (tertiary/aromatic N) is 3. The minimum atomic E-state index is -4.44. The molecule has 0 bridgehead atoms. The van der Waals surface area contributed by atoms with Gasteiger partial charge >= 0.3 is 11.5 Å². The molecule has 0 radical (unpaired) electrons. The smallest absolute Gasteiger partial charge is 0.332 e. The van der Waals surface area contributed by atoms with Crippen molar-refractivity contribution in [3.8, 4) is 0 Å². The molecule has 13 heteroatoms. The Labute approximate surface area is 231 Å². The number of hydrogen-bond donors (Lipinski definition) is 2. The molecule has 1 aliphatic heterocycles. The number of hydrogen-bond acceptors (Lipinski definition) is 5. The van der Waals surface area contributed by atoms with Gasteiger partial charge in [0.05, 0.1) is 5.69 Å². The van der Waals surface area contributed by atoms with Gasteiger partial charge in [-0.3, -0.25) is 4.79 Å². The van der Waals surface area contributed by atoms with E-state index in [4.69, 9.17) is 23.8 Å². The molecular formula is C25H21ClF3N5O2S2. The van der Waals surface area contributed by atoms with Gasteiger partial charge in [-0.25, -0.2) is 14.7 Å². The summed E-state index contributed by atoms with van der Waals surface area (Å²) in [6.45, 7) is 3.32. The van der Waals surface area contributed by atoms with Crippen LogP contribution in [0.3, 0.4) is 0 Å². The predicted molar refractivity (Wildman–Crippen MR) is 146 cm³/mol. The summed E-state index contributed by atoms with van der Waals surface area (Å²) in [4.78, 5) is 33.1. The van der Waals surface area contributed by atoms with Gasteiger partial charge in [0, 0.05) is 28.3 Å². The highest BCUT2D eigenvalue weighted by molar-refractivity contribution is 8.00. The number of amides is 3. The first-order chi connectivity index (χ1) is 17.8. The number of aromatic nitrogens is 1. The average molecular weight is 580 g/mol. The number of carbonyl (C=O) groups excluding carboxylic acids is 2. The molecule has 4 rings (SSSR count). The first kappa shape index (κ1) is 27.7. The summed E-state index contributed by atoms with van der Waals surface area (Å²) in [7, 11) is 0. The number of urea groups is 1. The third-order valence-electron chi connectivity index (χ3n) is 5.64. The van der Waals surface area contributed by atoms with Crippen molar-refractivity contribution in [1.29, 1.82) is 0 Å². The zero-order valence-corrected chi connectivity index (χ0v) is 22.4. The van der Waals surface area contributed by atoms with Gasteiger partial charge in [0.15, 0.2) is 5.11 Å². The van der Waals surface area contributed by atoms with Gasteiger partial charge in [0.1, 0.15) is 11.4 Å². The van der Waals surface area contributed by atoms with Crippen LogP contribution in [0.25, 0.3) is 0 Å². The molecule has 0 saturated carbocycles. The van der Waals surface area contributed by atoms with Crippen molar-refractivity contribution < 1.29 is 22.8 Å². The van der Waals surface area contributed by atoms with Crippen LogP contribution in [0, 0.1) is 0 Å². The minimum absolute atomic E-state index is 0.0453. The molecule has 0 aliphatic carbocycles. The maximum absolute atomic E-state index is 13.3. The Bertz CT molecular complexity index is 1390. The second kappa shape index (κ2) is 10.8. The highest BCUT2D eigenvalue weighted by Gasteiger charge is 2.51. The number of nitrogens with one attached hydrogen (secondary N) is 2. The van der Waals surface area contributed by atoms with Crippen LogP contribution in [-0.2, 0) is 11.3 Å². The summed E-state index contributed by atoms with van der Waals surface area (Å²) in [5.74, 6) is -0.0644. The molecule has 1 saturated heterocycles. The number of benzene rings is 2. The van der Waals surface area contributed by atoms with E-state index in [9.17, 15) is 22.8 Å². The fraction of sp³-hybridized carbons (Fsp3) is 0.200. The summed E-state index contributed by atoms with van der Waals surface area (Å²) in [5, 5.41) is 6.81. The van der Waals surface area contributed by atoms with Gasteiger partial charge in [-0.05, 0) is 98.0 Å². The molecule has 3 aromatic rings. The molecular weight excluding hydrogens is 559 g/mol. The second-order valence-corrected chi connectivity index (χ2v) is 10.7. The van der Waals surface area contributed by atoms with Crippen molar-refractivity contribution in [2.24, 2.45) is 0 Å². The Morgan fingerprint density at radius 3 is 2.45 bits per heavy atom. The van der Waals surface area contributed by atoms with Crippen LogP contribution in [0.2, 0.25) is 5.02 Å². The molecule has 198 valence electrons. The number of thiocarbonyl (C=S) groups is 1. The van der Waals surface area contributed by atoms with E-state index in [0.717, 1.165) is 4.90 Å². The highest BCUT2D eigenvalue weighted by atomic mass is 35.5. The van der Waals surface area contributed by atoms with E-state index in [1.807, 2.05) is 0 Å². The third kappa shape index (κ3) is 6.37. The summed E-state index contributed by atoms with van der Waals surface area (Å²) >= 11 is 11.1. The molecule has 2 N–H and O–H groups in total. The van der Waals surface area contributed by atoms with E-state index in [1.54, 1.807) is 56.4 Å². The molecule has 1 aliphatic rings. The van der Waals surface area contributed by atoms with Crippen molar-refractivity contribution >= 4 is 69.8 Å². The number of rotatable bonds is 6. The number of alkyl halides is 3. The lowest BCUT2D eigenvalue weighted by atomic mass is 10.0. The van der Waals surface area contributed by atoms with Crippen LogP contribution in [-0.4, -0.2) is 38.0 Å². The lowest BCUT2D eigenvalue weighted by molar-refractivity contribution is -0.123. The fourth-order valence-electron chi connectivity index (χ4n) is 3.79. The second-order valence-electron chi connectivity index (χ2n) is 8.75. The van der Waals surface area contributed by atoms with Gasteiger partial charge in [0.25, 0.3) is 5.91 Å². The van der Waals surface area contributed by atoms with Gasteiger partial charge in [0.2, 0.25) is 0 Å². The fourth-order valence-corrected chi connectivity index (χ4v) is 4.75. The maximum Gasteiger partial charge on any atom is 0.446 e. The number of anilines is 3. The zero-order chi connectivity index (χ0) is 27.7. The number of thioether (sulfide) groups is 1. The third-order valence-corrected chi connectivity index (χ3v) is 6.82. The standard InChI is InChI=1S/C25H21ClF3N5O2S2/c1-24(2)21(35)34(18-6-8-19(9-7-18)38-25(27,28)29)23(36)33(24)14-15-10-11-30-20(12-15)32-22(37)31-17-5-3-4-16(26)13-17/h3-13H,14H2,1-2H3,(H2,30,31,32,37). The van der Waals surface area contributed by atoms with Gasteiger partial charge in [-0.1, -0.05) is 17.7 Å². The molecule has 1 fully saturated rings. The van der Waals surface area contributed by atoms with E-state index in [0.29, 0.717) is 22.1 Å². The first-order valence-electron chi connectivity index (χ1n) is 11.1. The Hall–Kier alpha value is -3.35. The van der Waals surface area contributed by atoms with Crippen molar-refractivity contribution in [3.05, 3.63) is 77.4 Å².